The van der Waals surface area contributed by atoms with Crippen LogP contribution < -0.4 is 0 Å². The highest BCUT2D eigenvalue weighted by molar-refractivity contribution is 8.07. The number of rotatable bonds is 4. The minimum atomic E-state index is 0.388. The fraction of sp³-hybridized carbons (Fsp3) is 1.00. The molecule has 2 heteroatoms. The molecule has 1 saturated heterocycles. The average Bonchev–Trinajstić information content (AvgIpc) is 2.62. The zero-order valence-corrected chi connectivity index (χ0v) is 6.66. The van der Waals surface area contributed by atoms with E-state index in [9.17, 15) is 0 Å². The Hall–Kier alpha value is 0.310. The molecular weight excluding hydrogens is 132 g/mol. The van der Waals surface area contributed by atoms with Crippen molar-refractivity contribution in [2.75, 3.05) is 6.61 Å². The van der Waals surface area contributed by atoms with Crippen LogP contribution in [0.4, 0.5) is 0 Å². The van der Waals surface area contributed by atoms with Crippen molar-refractivity contribution >= 4 is 11.8 Å². The van der Waals surface area contributed by atoms with Gasteiger partial charge in [-0.2, -0.15) is 11.8 Å². The number of hydrogen-bond acceptors (Lipinski definition) is 2. The van der Waals surface area contributed by atoms with E-state index in [1.165, 1.54) is 19.3 Å². The fourth-order valence-corrected chi connectivity index (χ4v) is 1.97. The minimum Gasteiger partial charge on any atom is -0.395 e. The van der Waals surface area contributed by atoms with Crippen LogP contribution in [0.5, 0.6) is 0 Å². The summed E-state index contributed by atoms with van der Waals surface area (Å²) >= 11 is 1.93. The molecule has 1 nitrogen and oxygen atoms in total. The molecule has 0 aromatic heterocycles. The average molecular weight is 146 g/mol. The topological polar surface area (TPSA) is 20.2 Å². The Morgan fingerprint density at radius 1 is 1.44 bits per heavy atom. The summed E-state index contributed by atoms with van der Waals surface area (Å²) in [6.07, 6.45) is 3.93. The molecule has 2 atom stereocenters. The van der Waals surface area contributed by atoms with Crippen molar-refractivity contribution in [1.29, 1.82) is 0 Å². The Bertz CT molecular complexity index is 85.0. The Kier molecular flexibility index (Phi) is 2.86. The predicted octanol–water partition coefficient (Wildman–Crippen LogP) is 1.65. The molecule has 0 aromatic carbocycles. The molecule has 0 aliphatic carbocycles. The van der Waals surface area contributed by atoms with E-state index in [4.69, 9.17) is 5.11 Å². The van der Waals surface area contributed by atoms with Gasteiger partial charge in [0, 0.05) is 10.5 Å². The van der Waals surface area contributed by atoms with Gasteiger partial charge in [0.2, 0.25) is 0 Å². The first-order valence-corrected chi connectivity index (χ1v) is 4.59. The molecule has 0 amide bonds. The molecular formula is C7H14OS. The summed E-state index contributed by atoms with van der Waals surface area (Å²) in [7, 11) is 0. The van der Waals surface area contributed by atoms with Crippen molar-refractivity contribution in [3.63, 3.8) is 0 Å². The lowest BCUT2D eigenvalue weighted by atomic mass is 10.2. The summed E-state index contributed by atoms with van der Waals surface area (Å²) in [5.74, 6) is 0. The zero-order chi connectivity index (χ0) is 6.69. The van der Waals surface area contributed by atoms with Crippen LogP contribution in [-0.4, -0.2) is 22.2 Å². The number of unbranched alkanes of at least 4 members (excludes halogenated alkanes) is 1. The highest BCUT2D eigenvalue weighted by atomic mass is 32.2. The highest BCUT2D eigenvalue weighted by Crippen LogP contribution is 2.43. The zero-order valence-electron chi connectivity index (χ0n) is 5.84. The van der Waals surface area contributed by atoms with Gasteiger partial charge in [-0.1, -0.05) is 19.8 Å². The van der Waals surface area contributed by atoms with Gasteiger partial charge < -0.3 is 5.11 Å². The van der Waals surface area contributed by atoms with Gasteiger partial charge in [0.15, 0.2) is 0 Å². The standard InChI is InChI=1S/C7H14OS/c1-2-3-4-6-7(5-8)9-6/h6-8H,2-5H2,1H3/t6-,7+/m1/s1. The lowest BCUT2D eigenvalue weighted by Crippen LogP contribution is -1.98. The third kappa shape index (κ3) is 2.18. The van der Waals surface area contributed by atoms with Gasteiger partial charge >= 0.3 is 0 Å². The van der Waals surface area contributed by atoms with E-state index in [0.717, 1.165) is 5.25 Å². The second-order valence-corrected chi connectivity index (χ2v) is 4.02. The lowest BCUT2D eigenvalue weighted by molar-refractivity contribution is 0.301. The maximum atomic E-state index is 8.65. The molecule has 0 unspecified atom stereocenters. The molecule has 0 radical (unpaired) electrons. The van der Waals surface area contributed by atoms with E-state index in [-0.39, 0.29) is 0 Å². The van der Waals surface area contributed by atoms with Gasteiger partial charge in [-0.15, -0.1) is 0 Å². The van der Waals surface area contributed by atoms with Gasteiger partial charge in [-0.05, 0) is 6.42 Å². The molecule has 0 bridgehead atoms. The van der Waals surface area contributed by atoms with Gasteiger partial charge in [-0.25, -0.2) is 0 Å². The van der Waals surface area contributed by atoms with E-state index in [0.29, 0.717) is 11.9 Å². The fourth-order valence-electron chi connectivity index (χ4n) is 0.999. The van der Waals surface area contributed by atoms with Crippen molar-refractivity contribution < 1.29 is 5.11 Å². The van der Waals surface area contributed by atoms with E-state index in [1.54, 1.807) is 0 Å². The number of thioether (sulfide) groups is 1. The summed E-state index contributed by atoms with van der Waals surface area (Å²) in [5, 5.41) is 10.0. The molecule has 0 saturated carbocycles. The van der Waals surface area contributed by atoms with E-state index in [1.807, 2.05) is 11.8 Å². The van der Waals surface area contributed by atoms with E-state index >= 15 is 0 Å². The summed E-state index contributed by atoms with van der Waals surface area (Å²) in [6, 6.07) is 0. The normalized spacial score (nSPS) is 32.7. The van der Waals surface area contributed by atoms with Gasteiger partial charge in [0.25, 0.3) is 0 Å². The minimum absolute atomic E-state index is 0.388. The van der Waals surface area contributed by atoms with Crippen molar-refractivity contribution in [2.24, 2.45) is 0 Å². The van der Waals surface area contributed by atoms with Crippen molar-refractivity contribution in [3.8, 4) is 0 Å². The molecule has 1 rings (SSSR count). The summed E-state index contributed by atoms with van der Waals surface area (Å²) in [4.78, 5) is 0. The molecule has 1 aliphatic rings. The molecule has 1 fully saturated rings. The second-order valence-electron chi connectivity index (χ2n) is 2.54. The monoisotopic (exact) mass is 146 g/mol. The Balaban J connectivity index is 1.92. The van der Waals surface area contributed by atoms with Crippen molar-refractivity contribution in [1.82, 2.24) is 0 Å². The van der Waals surface area contributed by atoms with Crippen LogP contribution >= 0.6 is 11.8 Å². The summed E-state index contributed by atoms with van der Waals surface area (Å²) in [5.41, 5.74) is 0. The number of aliphatic hydroxyl groups is 1. The first-order valence-electron chi connectivity index (χ1n) is 3.64. The van der Waals surface area contributed by atoms with Crippen molar-refractivity contribution in [3.05, 3.63) is 0 Å². The van der Waals surface area contributed by atoms with Crippen LogP contribution in [0.3, 0.4) is 0 Å². The number of aliphatic hydroxyl groups excluding tert-OH is 1. The Labute approximate surface area is 60.8 Å². The van der Waals surface area contributed by atoms with Gasteiger partial charge in [-0.3, -0.25) is 0 Å². The van der Waals surface area contributed by atoms with Crippen LogP contribution in [0, 0.1) is 0 Å². The predicted molar refractivity (Wildman–Crippen MR) is 41.8 cm³/mol. The third-order valence-electron chi connectivity index (χ3n) is 1.71. The van der Waals surface area contributed by atoms with Crippen molar-refractivity contribution in [2.45, 2.75) is 36.7 Å². The first-order chi connectivity index (χ1) is 4.38. The van der Waals surface area contributed by atoms with Crippen LogP contribution in [-0.2, 0) is 0 Å². The van der Waals surface area contributed by atoms with Gasteiger partial charge in [0.05, 0.1) is 6.61 Å². The molecule has 9 heavy (non-hydrogen) atoms. The van der Waals surface area contributed by atoms with E-state index in [2.05, 4.69) is 6.92 Å². The molecule has 1 N–H and O–H groups in total. The van der Waals surface area contributed by atoms with E-state index < -0.39 is 0 Å². The summed E-state index contributed by atoms with van der Waals surface area (Å²) < 4.78 is 0. The van der Waals surface area contributed by atoms with Gasteiger partial charge in [0.1, 0.15) is 0 Å². The largest absolute Gasteiger partial charge is 0.395 e. The van der Waals surface area contributed by atoms with Crippen LogP contribution in [0.25, 0.3) is 0 Å². The quantitative estimate of drug-likeness (QED) is 0.609. The molecule has 0 aromatic rings. The summed E-state index contributed by atoms with van der Waals surface area (Å²) in [6.45, 7) is 2.60. The van der Waals surface area contributed by atoms with Crippen LogP contribution in [0.15, 0.2) is 0 Å². The molecule has 54 valence electrons. The van der Waals surface area contributed by atoms with Crippen LogP contribution in [0.1, 0.15) is 26.2 Å². The maximum absolute atomic E-state index is 8.65. The van der Waals surface area contributed by atoms with Crippen LogP contribution in [0.2, 0.25) is 0 Å². The molecule has 1 aliphatic heterocycles. The third-order valence-corrected chi connectivity index (χ3v) is 3.14. The Morgan fingerprint density at radius 3 is 2.67 bits per heavy atom. The molecule has 1 heterocycles. The smallest absolute Gasteiger partial charge is 0.0560 e. The second kappa shape index (κ2) is 3.47. The number of hydrogen-bond donors (Lipinski definition) is 1. The maximum Gasteiger partial charge on any atom is 0.0560 e. The highest BCUT2D eigenvalue weighted by Gasteiger charge is 2.36. The molecule has 0 spiro atoms. The SMILES string of the molecule is CCCC[C@H]1S[C@H]1CO. The Morgan fingerprint density at radius 2 is 2.22 bits per heavy atom. The lowest BCUT2D eigenvalue weighted by Gasteiger charge is -1.91. The first kappa shape index (κ1) is 7.42.